The quantitative estimate of drug-likeness (QED) is 0.256. The molecule has 0 N–H and O–H groups in total. The van der Waals surface area contributed by atoms with Crippen molar-refractivity contribution in [3.05, 3.63) is 47.9 Å². The van der Waals surface area contributed by atoms with E-state index < -0.39 is 0 Å². The van der Waals surface area contributed by atoms with Crippen molar-refractivity contribution < 1.29 is 28.4 Å². The molecule has 1 rings (SSSR count). The van der Waals surface area contributed by atoms with Crippen LogP contribution in [0.2, 0.25) is 0 Å². The SMILES string of the molecule is CCOCCOCCOC=C(C)c1ccc(C(C)=COCCOCCOCC)cc1. The van der Waals surface area contributed by atoms with Crippen LogP contribution in [0.15, 0.2) is 36.8 Å². The molecule has 0 unspecified atom stereocenters. The predicted octanol–water partition coefficient (Wildman–Crippen LogP) is 4.55. The summed E-state index contributed by atoms with van der Waals surface area (Å²) in [4.78, 5) is 0. The van der Waals surface area contributed by atoms with Gasteiger partial charge in [-0.05, 0) is 50.0 Å². The highest BCUT2D eigenvalue weighted by Gasteiger charge is 2.00. The van der Waals surface area contributed by atoms with E-state index in [1.807, 2.05) is 27.7 Å². The lowest BCUT2D eigenvalue weighted by Crippen LogP contribution is -2.08. The Kier molecular flexibility index (Phi) is 15.7. The normalized spacial score (nSPS) is 12.3. The molecular formula is C24H38O6. The number of ether oxygens (including phenoxy) is 6. The van der Waals surface area contributed by atoms with Gasteiger partial charge in [0.15, 0.2) is 0 Å². The van der Waals surface area contributed by atoms with Crippen LogP contribution in [0.3, 0.4) is 0 Å². The fourth-order valence-corrected chi connectivity index (χ4v) is 2.44. The molecule has 0 saturated carbocycles. The second-order valence-corrected chi connectivity index (χ2v) is 6.54. The number of benzene rings is 1. The van der Waals surface area contributed by atoms with Gasteiger partial charge in [0.2, 0.25) is 0 Å². The molecule has 0 atom stereocenters. The first-order valence-electron chi connectivity index (χ1n) is 10.7. The van der Waals surface area contributed by atoms with Crippen LogP contribution in [0.5, 0.6) is 0 Å². The zero-order chi connectivity index (χ0) is 21.9. The van der Waals surface area contributed by atoms with E-state index >= 15 is 0 Å². The van der Waals surface area contributed by atoms with Crippen LogP contribution in [0, 0.1) is 0 Å². The van der Waals surface area contributed by atoms with Crippen LogP contribution >= 0.6 is 0 Å². The Balaban J connectivity index is 2.28. The van der Waals surface area contributed by atoms with Crippen molar-refractivity contribution in [3.8, 4) is 0 Å². The minimum atomic E-state index is 0.524. The average Bonchev–Trinajstić information content (AvgIpc) is 2.77. The first-order valence-corrected chi connectivity index (χ1v) is 10.7. The molecule has 0 radical (unpaired) electrons. The summed E-state index contributed by atoms with van der Waals surface area (Å²) in [5.74, 6) is 0. The second-order valence-electron chi connectivity index (χ2n) is 6.54. The molecule has 0 fully saturated rings. The Morgan fingerprint density at radius 2 is 0.900 bits per heavy atom. The van der Waals surface area contributed by atoms with E-state index in [2.05, 4.69) is 24.3 Å². The van der Waals surface area contributed by atoms with Crippen LogP contribution in [0.4, 0.5) is 0 Å². The van der Waals surface area contributed by atoms with Crippen LogP contribution in [0.1, 0.15) is 38.8 Å². The summed E-state index contributed by atoms with van der Waals surface area (Å²) in [6.45, 7) is 14.0. The van der Waals surface area contributed by atoms with Gasteiger partial charge in [-0.2, -0.15) is 0 Å². The van der Waals surface area contributed by atoms with E-state index in [1.54, 1.807) is 12.5 Å². The monoisotopic (exact) mass is 422 g/mol. The maximum Gasteiger partial charge on any atom is 0.111 e. The van der Waals surface area contributed by atoms with Gasteiger partial charge in [-0.25, -0.2) is 0 Å². The lowest BCUT2D eigenvalue weighted by atomic mass is 10.0. The fourth-order valence-electron chi connectivity index (χ4n) is 2.44. The number of hydrogen-bond acceptors (Lipinski definition) is 6. The first-order chi connectivity index (χ1) is 14.7. The van der Waals surface area contributed by atoms with Crippen molar-refractivity contribution in [1.29, 1.82) is 0 Å². The van der Waals surface area contributed by atoms with Gasteiger partial charge in [-0.3, -0.25) is 0 Å². The lowest BCUT2D eigenvalue weighted by molar-refractivity contribution is 0.0343. The third-order valence-electron chi connectivity index (χ3n) is 4.16. The minimum Gasteiger partial charge on any atom is -0.498 e. The molecule has 0 heterocycles. The van der Waals surface area contributed by atoms with Crippen molar-refractivity contribution >= 4 is 11.1 Å². The zero-order valence-corrected chi connectivity index (χ0v) is 19.0. The molecule has 6 nitrogen and oxygen atoms in total. The van der Waals surface area contributed by atoms with Crippen LogP contribution < -0.4 is 0 Å². The Labute approximate surface area is 181 Å². The fraction of sp³-hybridized carbons (Fsp3) is 0.583. The summed E-state index contributed by atoms with van der Waals surface area (Å²) in [6, 6.07) is 8.32. The summed E-state index contributed by atoms with van der Waals surface area (Å²) in [7, 11) is 0. The van der Waals surface area contributed by atoms with Gasteiger partial charge in [-0.1, -0.05) is 24.3 Å². The molecule has 170 valence electrons. The summed E-state index contributed by atoms with van der Waals surface area (Å²) in [6.07, 6.45) is 3.55. The summed E-state index contributed by atoms with van der Waals surface area (Å²) >= 11 is 0. The van der Waals surface area contributed by atoms with Crippen molar-refractivity contribution in [1.82, 2.24) is 0 Å². The topological polar surface area (TPSA) is 55.4 Å². The van der Waals surface area contributed by atoms with E-state index in [-0.39, 0.29) is 0 Å². The van der Waals surface area contributed by atoms with Gasteiger partial charge in [0, 0.05) is 13.2 Å². The smallest absolute Gasteiger partial charge is 0.111 e. The lowest BCUT2D eigenvalue weighted by Gasteiger charge is -2.08. The van der Waals surface area contributed by atoms with E-state index in [4.69, 9.17) is 28.4 Å². The van der Waals surface area contributed by atoms with Crippen LogP contribution in [-0.2, 0) is 28.4 Å². The highest BCUT2D eigenvalue weighted by Crippen LogP contribution is 2.19. The highest BCUT2D eigenvalue weighted by atomic mass is 16.5. The van der Waals surface area contributed by atoms with Crippen LogP contribution in [-0.4, -0.2) is 66.1 Å². The summed E-state index contributed by atoms with van der Waals surface area (Å²) in [5, 5.41) is 0. The molecule has 0 spiro atoms. The molecular weight excluding hydrogens is 384 g/mol. The molecule has 1 aromatic rings. The third kappa shape index (κ3) is 12.6. The maximum atomic E-state index is 5.56. The van der Waals surface area contributed by atoms with Crippen molar-refractivity contribution in [2.75, 3.05) is 66.1 Å². The number of allylic oxidation sites excluding steroid dienone is 2. The molecule has 0 aliphatic heterocycles. The maximum absolute atomic E-state index is 5.56. The molecule has 0 amide bonds. The molecule has 0 aliphatic rings. The molecule has 0 saturated heterocycles. The van der Waals surface area contributed by atoms with Crippen molar-refractivity contribution in [2.24, 2.45) is 0 Å². The number of rotatable bonds is 18. The Morgan fingerprint density at radius 3 is 1.27 bits per heavy atom. The van der Waals surface area contributed by atoms with E-state index in [0.29, 0.717) is 66.1 Å². The molecule has 30 heavy (non-hydrogen) atoms. The minimum absolute atomic E-state index is 0.524. The van der Waals surface area contributed by atoms with Crippen LogP contribution in [0.25, 0.3) is 11.1 Å². The first kappa shape index (κ1) is 26.2. The van der Waals surface area contributed by atoms with Gasteiger partial charge < -0.3 is 28.4 Å². The van der Waals surface area contributed by atoms with Crippen molar-refractivity contribution in [2.45, 2.75) is 27.7 Å². The van der Waals surface area contributed by atoms with E-state index in [0.717, 1.165) is 22.3 Å². The van der Waals surface area contributed by atoms with Crippen molar-refractivity contribution in [3.63, 3.8) is 0 Å². The largest absolute Gasteiger partial charge is 0.498 e. The Morgan fingerprint density at radius 1 is 0.567 bits per heavy atom. The van der Waals surface area contributed by atoms with Gasteiger partial charge in [-0.15, -0.1) is 0 Å². The zero-order valence-electron chi connectivity index (χ0n) is 19.0. The number of hydrogen-bond donors (Lipinski definition) is 0. The van der Waals surface area contributed by atoms with Gasteiger partial charge in [0.1, 0.15) is 13.2 Å². The Bertz CT molecular complexity index is 541. The summed E-state index contributed by atoms with van der Waals surface area (Å²) in [5.41, 5.74) is 4.37. The van der Waals surface area contributed by atoms with E-state index in [1.165, 1.54) is 0 Å². The molecule has 0 aromatic heterocycles. The Hall–Kier alpha value is -1.86. The third-order valence-corrected chi connectivity index (χ3v) is 4.16. The molecule has 6 heteroatoms. The predicted molar refractivity (Wildman–Crippen MR) is 120 cm³/mol. The van der Waals surface area contributed by atoms with Gasteiger partial charge in [0.25, 0.3) is 0 Å². The molecule has 1 aromatic carbocycles. The summed E-state index contributed by atoms with van der Waals surface area (Å²) < 4.78 is 32.4. The molecule has 0 aliphatic carbocycles. The standard InChI is InChI=1S/C24H38O6/c1-5-25-11-13-27-15-17-29-19-21(3)23-7-9-24(10-8-23)22(4)20-30-18-16-28-14-12-26-6-2/h7-10,19-20H,5-6,11-18H2,1-4H3. The highest BCUT2D eigenvalue weighted by molar-refractivity contribution is 5.68. The molecule has 0 bridgehead atoms. The van der Waals surface area contributed by atoms with Gasteiger partial charge in [0.05, 0.1) is 52.2 Å². The second kappa shape index (κ2) is 18.0. The van der Waals surface area contributed by atoms with Gasteiger partial charge >= 0.3 is 0 Å². The average molecular weight is 423 g/mol. The van der Waals surface area contributed by atoms with E-state index in [9.17, 15) is 0 Å².